The Balaban J connectivity index is 1.55. The summed E-state index contributed by atoms with van der Waals surface area (Å²) in [4.78, 5) is 0. The van der Waals surface area contributed by atoms with Crippen LogP contribution in [0.15, 0.2) is 83.0 Å². The maximum atomic E-state index is 15.1. The van der Waals surface area contributed by atoms with Gasteiger partial charge in [-0.2, -0.15) is 18.4 Å². The van der Waals surface area contributed by atoms with Gasteiger partial charge in [-0.25, -0.2) is 4.39 Å². The molecule has 0 aromatic heterocycles. The molecule has 0 spiro atoms. The Morgan fingerprint density at radius 2 is 1.95 bits per heavy atom. The minimum absolute atomic E-state index is 0.0365. The Labute approximate surface area is 247 Å². The molecule has 0 unspecified atom stereocenters. The monoisotopic (exact) mass is 579 g/mol. The van der Waals surface area contributed by atoms with Gasteiger partial charge in [0.05, 0.1) is 11.5 Å². The summed E-state index contributed by atoms with van der Waals surface area (Å²) in [5, 5.41) is 9.61. The van der Waals surface area contributed by atoms with Gasteiger partial charge in [-0.3, -0.25) is 0 Å². The summed E-state index contributed by atoms with van der Waals surface area (Å²) in [6.07, 6.45) is 7.17. The molecule has 4 rings (SSSR count). The van der Waals surface area contributed by atoms with Gasteiger partial charge in [0.15, 0.2) is 0 Å². The zero-order valence-electron chi connectivity index (χ0n) is 25.1. The third-order valence-electron chi connectivity index (χ3n) is 9.30. The molecular formula is C36H41F4NO. The van der Waals surface area contributed by atoms with Crippen molar-refractivity contribution in [1.29, 1.82) is 5.26 Å². The first-order chi connectivity index (χ1) is 19.9. The number of halogens is 4. The summed E-state index contributed by atoms with van der Waals surface area (Å²) in [5.74, 6) is 0.950. The molecule has 1 aromatic carbocycles. The number of alkyl halides is 3. The number of benzene rings is 1. The van der Waals surface area contributed by atoms with Crippen molar-refractivity contribution < 1.29 is 22.3 Å². The summed E-state index contributed by atoms with van der Waals surface area (Å²) >= 11 is 0. The first-order valence-electron chi connectivity index (χ1n) is 15.0. The van der Waals surface area contributed by atoms with Crippen molar-refractivity contribution in [3.05, 3.63) is 99.7 Å². The summed E-state index contributed by atoms with van der Waals surface area (Å²) in [7, 11) is 0. The predicted molar refractivity (Wildman–Crippen MR) is 161 cm³/mol. The van der Waals surface area contributed by atoms with Crippen LogP contribution in [0.5, 0.6) is 0 Å². The lowest BCUT2D eigenvalue weighted by molar-refractivity contribution is -0.0922. The molecule has 0 radical (unpaired) electrons. The van der Waals surface area contributed by atoms with Crippen LogP contribution in [0.3, 0.4) is 0 Å². The number of nitrogens with zero attached hydrogens (tertiary/aromatic N) is 1. The average Bonchev–Trinajstić information content (AvgIpc) is 3.66. The lowest BCUT2D eigenvalue weighted by atomic mass is 9.79. The van der Waals surface area contributed by atoms with Crippen molar-refractivity contribution in [2.24, 2.45) is 17.3 Å². The highest BCUT2D eigenvalue weighted by Crippen LogP contribution is 2.57. The highest BCUT2D eigenvalue weighted by Gasteiger charge is 2.46. The fourth-order valence-electron chi connectivity index (χ4n) is 6.46. The molecular weight excluding hydrogens is 538 g/mol. The van der Waals surface area contributed by atoms with Gasteiger partial charge >= 0.3 is 6.18 Å². The molecule has 3 aliphatic rings. The molecule has 224 valence electrons. The number of aryl methyl sites for hydroxylation is 2. The van der Waals surface area contributed by atoms with E-state index in [4.69, 9.17) is 4.74 Å². The van der Waals surface area contributed by atoms with Crippen LogP contribution in [-0.2, 0) is 11.2 Å². The van der Waals surface area contributed by atoms with Crippen molar-refractivity contribution in [2.45, 2.75) is 85.2 Å². The maximum absolute atomic E-state index is 15.1. The molecule has 2 atom stereocenters. The lowest BCUT2D eigenvalue weighted by Crippen LogP contribution is -2.16. The van der Waals surface area contributed by atoms with Crippen molar-refractivity contribution in [3.63, 3.8) is 0 Å². The minimum Gasteiger partial charge on any atom is -0.489 e. The topological polar surface area (TPSA) is 33.0 Å². The number of ether oxygens (including phenoxy) is 1. The summed E-state index contributed by atoms with van der Waals surface area (Å²) in [6.45, 7) is 11.6. The van der Waals surface area contributed by atoms with E-state index in [1.165, 1.54) is 23.6 Å². The number of hydrogen-bond acceptors (Lipinski definition) is 2. The van der Waals surface area contributed by atoms with Gasteiger partial charge in [-0.05, 0) is 129 Å². The smallest absolute Gasteiger partial charge is 0.413 e. The van der Waals surface area contributed by atoms with E-state index >= 15 is 4.39 Å². The van der Waals surface area contributed by atoms with Gasteiger partial charge in [0.1, 0.15) is 18.2 Å². The molecule has 0 heterocycles. The van der Waals surface area contributed by atoms with Gasteiger partial charge in [-0.15, -0.1) is 0 Å². The lowest BCUT2D eigenvalue weighted by Gasteiger charge is -2.23. The third-order valence-corrected chi connectivity index (χ3v) is 9.30. The molecule has 0 aliphatic heterocycles. The van der Waals surface area contributed by atoms with E-state index in [0.29, 0.717) is 28.7 Å². The number of rotatable bonds is 11. The molecule has 0 amide bonds. The van der Waals surface area contributed by atoms with E-state index in [9.17, 15) is 18.4 Å². The summed E-state index contributed by atoms with van der Waals surface area (Å²) in [6, 6.07) is 7.91. The van der Waals surface area contributed by atoms with Crippen molar-refractivity contribution >= 4 is 5.57 Å². The molecule has 0 bridgehead atoms. The molecule has 1 aromatic rings. The molecule has 2 nitrogen and oxygen atoms in total. The highest BCUT2D eigenvalue weighted by molar-refractivity contribution is 5.81. The van der Waals surface area contributed by atoms with E-state index in [1.54, 1.807) is 13.0 Å². The van der Waals surface area contributed by atoms with Gasteiger partial charge < -0.3 is 4.74 Å². The molecule has 2 fully saturated rings. The van der Waals surface area contributed by atoms with Crippen molar-refractivity contribution in [1.82, 2.24) is 0 Å². The van der Waals surface area contributed by atoms with Gasteiger partial charge in [0, 0.05) is 11.1 Å². The first-order valence-corrected chi connectivity index (χ1v) is 15.0. The Morgan fingerprint density at radius 1 is 1.21 bits per heavy atom. The highest BCUT2D eigenvalue weighted by atomic mass is 19.4. The number of nitriles is 1. The number of fused-ring (bicyclic) bond motifs is 1. The van der Waals surface area contributed by atoms with Gasteiger partial charge in [-0.1, -0.05) is 44.7 Å². The normalized spacial score (nSPS) is 22.5. The minimum atomic E-state index is -4.62. The summed E-state index contributed by atoms with van der Waals surface area (Å²) in [5.41, 5.74) is 3.50. The third kappa shape index (κ3) is 7.00. The van der Waals surface area contributed by atoms with Gasteiger partial charge in [0.2, 0.25) is 0 Å². The van der Waals surface area contributed by atoms with Crippen LogP contribution in [0.25, 0.3) is 5.57 Å². The van der Waals surface area contributed by atoms with Crippen LogP contribution < -0.4 is 0 Å². The molecule has 6 heteroatoms. The fourth-order valence-corrected chi connectivity index (χ4v) is 6.46. The maximum Gasteiger partial charge on any atom is 0.413 e. The Morgan fingerprint density at radius 3 is 2.57 bits per heavy atom. The SMILES string of the molecule is C=C(/C=C1/C[C@H]2C[C@H]2/C1=C/C)OCC1=CC(c2ccc(CCCC(C#N)(CC)CC)cc2C)=C(C(F)(F)F)CC=C1F. The van der Waals surface area contributed by atoms with E-state index < -0.39 is 24.0 Å². The molecule has 3 aliphatic carbocycles. The summed E-state index contributed by atoms with van der Waals surface area (Å²) < 4.78 is 63.6. The second-order valence-corrected chi connectivity index (χ2v) is 11.9. The molecule has 42 heavy (non-hydrogen) atoms. The van der Waals surface area contributed by atoms with Crippen LogP contribution >= 0.6 is 0 Å². The van der Waals surface area contributed by atoms with Crippen LogP contribution in [0.4, 0.5) is 17.6 Å². The van der Waals surface area contributed by atoms with Crippen LogP contribution in [-0.4, -0.2) is 12.8 Å². The van der Waals surface area contributed by atoms with Gasteiger partial charge in [0.25, 0.3) is 0 Å². The van der Waals surface area contributed by atoms with E-state index in [2.05, 4.69) is 18.7 Å². The first kappa shape index (κ1) is 31.6. The fraction of sp³-hybridized carbons (Fsp3) is 0.472. The van der Waals surface area contributed by atoms with E-state index in [1.807, 2.05) is 39.0 Å². The standard InChI is InChI=1S/C36H41F4NO/c1-6-29-26(18-27-19-31(27)29)17-24(5)42-21-28-20-32(33(36(38,39)40)13-14-34(28)37)30-12-11-25(16-23(30)4)10-9-15-35(7-2,8-3)22-41/h6,11-12,14,16-17,20,27,31H,5,7-10,13,15,18-19,21H2,1-4H3/b26-17-,29-6+/t27-,31+/m0/s1. The average molecular weight is 580 g/mol. The van der Waals surface area contributed by atoms with Crippen LogP contribution in [0, 0.1) is 35.5 Å². The number of allylic oxidation sites excluding steroid dienone is 8. The van der Waals surface area contributed by atoms with Crippen molar-refractivity contribution in [3.8, 4) is 6.07 Å². The van der Waals surface area contributed by atoms with Crippen LogP contribution in [0.1, 0.15) is 82.4 Å². The zero-order chi connectivity index (χ0) is 30.7. The second kappa shape index (κ2) is 12.9. The van der Waals surface area contributed by atoms with E-state index in [-0.39, 0.29) is 23.2 Å². The molecule has 0 saturated heterocycles. The predicted octanol–water partition coefficient (Wildman–Crippen LogP) is 10.6. The molecule has 0 N–H and O–H groups in total. The van der Waals surface area contributed by atoms with Crippen molar-refractivity contribution in [2.75, 3.05) is 6.61 Å². The quantitative estimate of drug-likeness (QED) is 0.193. The zero-order valence-corrected chi connectivity index (χ0v) is 25.1. The Kier molecular flexibility index (Phi) is 9.70. The molecule has 2 saturated carbocycles. The van der Waals surface area contributed by atoms with Crippen LogP contribution in [0.2, 0.25) is 0 Å². The Hall–Kier alpha value is -3.33. The largest absolute Gasteiger partial charge is 0.489 e. The number of hydrogen-bond donors (Lipinski definition) is 0. The Bertz CT molecular complexity index is 1410. The van der Waals surface area contributed by atoms with E-state index in [0.717, 1.165) is 50.2 Å². The second-order valence-electron chi connectivity index (χ2n) is 11.9.